The maximum Gasteiger partial charge on any atom is 0.220 e. The Morgan fingerprint density at radius 3 is 2.58 bits per heavy atom. The first-order valence-corrected chi connectivity index (χ1v) is 4.29. The van der Waals surface area contributed by atoms with E-state index in [0.29, 0.717) is 19.6 Å². The quantitative estimate of drug-likeness (QED) is 0.604. The lowest BCUT2D eigenvalue weighted by atomic mass is 10.1. The van der Waals surface area contributed by atoms with Gasteiger partial charge in [0, 0.05) is 18.8 Å². The Kier molecular flexibility index (Phi) is 1.81. The van der Waals surface area contributed by atoms with Gasteiger partial charge in [0.05, 0.1) is 13.2 Å². The normalized spacial score (nSPS) is 32.8. The summed E-state index contributed by atoms with van der Waals surface area (Å²) in [6.07, 6.45) is 2.25. The number of amides is 1. The second-order valence-electron chi connectivity index (χ2n) is 3.45. The molecule has 0 unspecified atom stereocenters. The molecule has 1 heterocycles. The summed E-state index contributed by atoms with van der Waals surface area (Å²) >= 11 is 0. The highest BCUT2D eigenvalue weighted by atomic mass is 16.7. The van der Waals surface area contributed by atoms with E-state index in [-0.39, 0.29) is 11.8 Å². The molecule has 2 fully saturated rings. The molecule has 1 aliphatic carbocycles. The molecular weight excluding hydrogens is 158 g/mol. The minimum absolute atomic E-state index is 0.0527. The largest absolute Gasteiger partial charge is 0.369 e. The number of carbonyl (C=O) groups excluding carboxylic acids is 1. The number of rotatable bonds is 1. The van der Waals surface area contributed by atoms with E-state index in [2.05, 4.69) is 0 Å². The molecule has 0 radical (unpaired) electrons. The molecule has 0 bridgehead atoms. The summed E-state index contributed by atoms with van der Waals surface area (Å²) in [5, 5.41) is 0. The van der Waals surface area contributed by atoms with E-state index in [0.717, 1.165) is 12.8 Å². The molecule has 1 saturated carbocycles. The van der Waals surface area contributed by atoms with E-state index in [1.807, 2.05) is 0 Å². The van der Waals surface area contributed by atoms with E-state index in [9.17, 15) is 4.79 Å². The zero-order valence-electron chi connectivity index (χ0n) is 6.91. The van der Waals surface area contributed by atoms with Crippen molar-refractivity contribution in [2.45, 2.75) is 25.0 Å². The van der Waals surface area contributed by atoms with Gasteiger partial charge in [0.25, 0.3) is 0 Å². The first-order chi connectivity index (χ1) is 5.72. The van der Waals surface area contributed by atoms with Crippen LogP contribution >= 0.6 is 0 Å². The second kappa shape index (κ2) is 2.71. The van der Waals surface area contributed by atoms with Crippen LogP contribution in [0, 0.1) is 5.92 Å². The van der Waals surface area contributed by atoms with Crippen LogP contribution in [0.4, 0.5) is 0 Å². The molecule has 68 valence electrons. The third-order valence-electron chi connectivity index (χ3n) is 2.65. The van der Waals surface area contributed by atoms with Gasteiger partial charge in [-0.05, 0) is 6.42 Å². The molecular formula is C8H13NO3. The molecule has 1 amide bonds. The summed E-state index contributed by atoms with van der Waals surface area (Å²) in [7, 11) is 0. The number of hydrogen-bond donors (Lipinski definition) is 1. The van der Waals surface area contributed by atoms with E-state index in [4.69, 9.17) is 15.2 Å². The summed E-state index contributed by atoms with van der Waals surface area (Å²) < 4.78 is 10.9. The van der Waals surface area contributed by atoms with Crippen LogP contribution in [0.2, 0.25) is 0 Å². The number of primary amides is 1. The van der Waals surface area contributed by atoms with Crippen molar-refractivity contribution in [3.63, 3.8) is 0 Å². The van der Waals surface area contributed by atoms with Crippen molar-refractivity contribution in [1.82, 2.24) is 0 Å². The van der Waals surface area contributed by atoms with E-state index < -0.39 is 5.79 Å². The van der Waals surface area contributed by atoms with Crippen molar-refractivity contribution >= 4 is 5.91 Å². The van der Waals surface area contributed by atoms with Crippen LogP contribution in [0.1, 0.15) is 19.3 Å². The van der Waals surface area contributed by atoms with E-state index in [1.165, 1.54) is 0 Å². The molecule has 4 nitrogen and oxygen atoms in total. The third-order valence-corrected chi connectivity index (χ3v) is 2.65. The maximum atomic E-state index is 10.9. The van der Waals surface area contributed by atoms with Gasteiger partial charge in [-0.2, -0.15) is 0 Å². The van der Waals surface area contributed by atoms with E-state index >= 15 is 0 Å². The molecule has 1 atom stereocenters. The smallest absolute Gasteiger partial charge is 0.220 e. The van der Waals surface area contributed by atoms with E-state index in [1.54, 1.807) is 0 Å². The average Bonchev–Trinajstić information content (AvgIpc) is 2.62. The zero-order valence-corrected chi connectivity index (χ0v) is 6.91. The summed E-state index contributed by atoms with van der Waals surface area (Å²) in [5.74, 6) is -0.742. The topological polar surface area (TPSA) is 61.6 Å². The minimum atomic E-state index is -0.459. The van der Waals surface area contributed by atoms with Crippen molar-refractivity contribution in [2.75, 3.05) is 13.2 Å². The van der Waals surface area contributed by atoms with Gasteiger partial charge < -0.3 is 15.2 Å². The Labute approximate surface area is 71.0 Å². The number of carbonyl (C=O) groups is 1. The predicted molar refractivity (Wildman–Crippen MR) is 41.2 cm³/mol. The Morgan fingerprint density at radius 1 is 1.42 bits per heavy atom. The third kappa shape index (κ3) is 1.21. The van der Waals surface area contributed by atoms with Gasteiger partial charge in [-0.25, -0.2) is 0 Å². The number of nitrogens with two attached hydrogens (primary N) is 1. The van der Waals surface area contributed by atoms with Crippen molar-refractivity contribution in [1.29, 1.82) is 0 Å². The first-order valence-electron chi connectivity index (χ1n) is 4.29. The molecule has 0 aromatic carbocycles. The van der Waals surface area contributed by atoms with Gasteiger partial charge in [0.15, 0.2) is 5.79 Å². The summed E-state index contributed by atoms with van der Waals surface area (Å²) in [5.41, 5.74) is 5.20. The first kappa shape index (κ1) is 8.01. The highest BCUT2D eigenvalue weighted by Gasteiger charge is 2.45. The highest BCUT2D eigenvalue weighted by molar-refractivity contribution is 5.77. The summed E-state index contributed by atoms with van der Waals surface area (Å²) in [6, 6.07) is 0. The van der Waals surface area contributed by atoms with Gasteiger partial charge in [-0.3, -0.25) is 4.79 Å². The van der Waals surface area contributed by atoms with Gasteiger partial charge in [0.2, 0.25) is 5.91 Å². The van der Waals surface area contributed by atoms with Gasteiger partial charge in [-0.1, -0.05) is 0 Å². The molecule has 4 heteroatoms. The molecule has 12 heavy (non-hydrogen) atoms. The van der Waals surface area contributed by atoms with Gasteiger partial charge in [-0.15, -0.1) is 0 Å². The molecule has 2 N–H and O–H groups in total. The van der Waals surface area contributed by atoms with Crippen LogP contribution in [0.5, 0.6) is 0 Å². The highest BCUT2D eigenvalue weighted by Crippen LogP contribution is 2.40. The zero-order chi connectivity index (χ0) is 8.60. The lowest BCUT2D eigenvalue weighted by Gasteiger charge is -2.20. The van der Waals surface area contributed by atoms with Gasteiger partial charge >= 0.3 is 0 Å². The molecule has 1 aliphatic heterocycles. The van der Waals surface area contributed by atoms with Crippen LogP contribution in [0.15, 0.2) is 0 Å². The fourth-order valence-corrected chi connectivity index (χ4v) is 1.98. The van der Waals surface area contributed by atoms with Crippen molar-refractivity contribution in [3.8, 4) is 0 Å². The van der Waals surface area contributed by atoms with Crippen molar-refractivity contribution in [2.24, 2.45) is 11.7 Å². The number of hydrogen-bond acceptors (Lipinski definition) is 3. The van der Waals surface area contributed by atoms with Crippen molar-refractivity contribution < 1.29 is 14.3 Å². The molecule has 2 rings (SSSR count). The SMILES string of the molecule is NC(=O)[C@H]1CCC2(C1)OCCO2. The fraction of sp³-hybridized carbons (Fsp3) is 0.875. The van der Waals surface area contributed by atoms with Crippen LogP contribution in [-0.4, -0.2) is 24.9 Å². The Bertz CT molecular complexity index is 198. The van der Waals surface area contributed by atoms with Crippen LogP contribution in [0.25, 0.3) is 0 Å². The standard InChI is InChI=1S/C8H13NO3/c9-7(10)6-1-2-8(5-6)11-3-4-12-8/h6H,1-5H2,(H2,9,10)/t6-/m0/s1. The predicted octanol–water partition coefficient (Wildman–Crippen LogP) is 0.0149. The molecule has 1 spiro atoms. The number of ether oxygens (including phenoxy) is 2. The van der Waals surface area contributed by atoms with Crippen LogP contribution in [-0.2, 0) is 14.3 Å². The second-order valence-corrected chi connectivity index (χ2v) is 3.45. The maximum absolute atomic E-state index is 10.9. The van der Waals surface area contributed by atoms with Crippen molar-refractivity contribution in [3.05, 3.63) is 0 Å². The van der Waals surface area contributed by atoms with Gasteiger partial charge in [0.1, 0.15) is 0 Å². The Hall–Kier alpha value is -0.610. The molecule has 1 saturated heterocycles. The monoisotopic (exact) mass is 171 g/mol. The lowest BCUT2D eigenvalue weighted by molar-refractivity contribution is -0.154. The molecule has 0 aromatic rings. The Balaban J connectivity index is 2.01. The Morgan fingerprint density at radius 2 is 2.08 bits per heavy atom. The van der Waals surface area contributed by atoms with Crippen LogP contribution < -0.4 is 5.73 Å². The molecule has 0 aromatic heterocycles. The summed E-state index contributed by atoms with van der Waals surface area (Å²) in [6.45, 7) is 1.29. The lowest BCUT2D eigenvalue weighted by Crippen LogP contribution is -2.29. The minimum Gasteiger partial charge on any atom is -0.369 e. The summed E-state index contributed by atoms with van der Waals surface area (Å²) in [4.78, 5) is 10.9. The van der Waals surface area contributed by atoms with Crippen LogP contribution in [0.3, 0.4) is 0 Å². The molecule has 2 aliphatic rings. The fourth-order valence-electron chi connectivity index (χ4n) is 1.98. The average molecular weight is 171 g/mol.